The molecule has 8 heteroatoms. The van der Waals surface area contributed by atoms with Crippen molar-refractivity contribution in [1.82, 2.24) is 4.98 Å². The van der Waals surface area contributed by atoms with Crippen LogP contribution in [0.3, 0.4) is 0 Å². The van der Waals surface area contributed by atoms with E-state index in [0.717, 1.165) is 17.5 Å². The number of rotatable bonds is 9. The first-order chi connectivity index (χ1) is 15.2. The van der Waals surface area contributed by atoms with E-state index in [9.17, 15) is 18.3 Å². The number of carboxylic acids is 1. The molecule has 0 aliphatic rings. The molecule has 0 bridgehead atoms. The molecule has 2 aromatic carbocycles. The van der Waals surface area contributed by atoms with E-state index in [1.807, 2.05) is 30.3 Å². The topological polar surface area (TPSA) is 99.6 Å². The molecule has 3 rings (SSSR count). The maximum atomic E-state index is 12.8. The zero-order valence-corrected chi connectivity index (χ0v) is 19.1. The maximum Gasteiger partial charge on any atom is 0.339 e. The Kier molecular flexibility index (Phi) is 7.15. The fourth-order valence-electron chi connectivity index (χ4n) is 3.40. The fourth-order valence-corrected chi connectivity index (χ4v) is 4.43. The average Bonchev–Trinajstić information content (AvgIpc) is 2.74. The average molecular weight is 454 g/mol. The van der Waals surface area contributed by atoms with Gasteiger partial charge in [-0.05, 0) is 41.7 Å². The van der Waals surface area contributed by atoms with Crippen LogP contribution in [0.25, 0.3) is 0 Å². The van der Waals surface area contributed by atoms with E-state index in [1.54, 1.807) is 36.2 Å². The van der Waals surface area contributed by atoms with E-state index in [4.69, 9.17) is 0 Å². The summed E-state index contributed by atoms with van der Waals surface area (Å²) in [4.78, 5) is 17.9. The largest absolute Gasteiger partial charge is 0.478 e. The second kappa shape index (κ2) is 9.82. The maximum absolute atomic E-state index is 12.8. The third-order valence-corrected chi connectivity index (χ3v) is 6.25. The van der Waals surface area contributed by atoms with Crippen LogP contribution >= 0.6 is 0 Å². The fraction of sp³-hybridized carbons (Fsp3) is 0.250. The summed E-state index contributed by atoms with van der Waals surface area (Å²) in [5.74, 6) is -0.469. The number of carbonyl (C=O) groups is 1. The minimum atomic E-state index is -3.88. The summed E-state index contributed by atoms with van der Waals surface area (Å²) in [6, 6.07) is 17.6. The Morgan fingerprint density at radius 1 is 1.06 bits per heavy atom. The second-order valence-corrected chi connectivity index (χ2v) is 9.77. The molecule has 0 atom stereocenters. The lowest BCUT2D eigenvalue weighted by Gasteiger charge is -2.21. The minimum Gasteiger partial charge on any atom is -0.478 e. The number of hydrogen-bond donors (Lipinski definition) is 2. The zero-order chi connectivity index (χ0) is 23.3. The van der Waals surface area contributed by atoms with Gasteiger partial charge in [0.25, 0.3) is 10.0 Å². The smallest absolute Gasteiger partial charge is 0.339 e. The summed E-state index contributed by atoms with van der Waals surface area (Å²) in [6.45, 7) is 4.66. The molecule has 32 heavy (non-hydrogen) atoms. The van der Waals surface area contributed by atoms with Gasteiger partial charge in [0, 0.05) is 13.6 Å². The van der Waals surface area contributed by atoms with E-state index in [0.29, 0.717) is 12.5 Å². The van der Waals surface area contributed by atoms with Crippen molar-refractivity contribution in [2.75, 3.05) is 16.7 Å². The van der Waals surface area contributed by atoms with Crippen molar-refractivity contribution in [3.8, 4) is 0 Å². The van der Waals surface area contributed by atoms with E-state index in [-0.39, 0.29) is 22.0 Å². The van der Waals surface area contributed by atoms with Gasteiger partial charge < -0.3 is 10.0 Å². The van der Waals surface area contributed by atoms with Gasteiger partial charge >= 0.3 is 5.97 Å². The number of hydrogen-bond acceptors (Lipinski definition) is 5. The molecule has 0 aliphatic heterocycles. The molecule has 0 saturated heterocycles. The third-order valence-electron chi connectivity index (χ3n) is 4.85. The van der Waals surface area contributed by atoms with Crippen LogP contribution in [-0.4, -0.2) is 31.5 Å². The van der Waals surface area contributed by atoms with Gasteiger partial charge in [0.05, 0.1) is 16.8 Å². The lowest BCUT2D eigenvalue weighted by atomic mass is 10.0. The van der Waals surface area contributed by atoms with Gasteiger partial charge in [-0.1, -0.05) is 56.3 Å². The van der Waals surface area contributed by atoms with Gasteiger partial charge in [0.2, 0.25) is 0 Å². The first-order valence-corrected chi connectivity index (χ1v) is 11.7. The molecule has 168 valence electrons. The Hall–Kier alpha value is -3.39. The van der Waals surface area contributed by atoms with Crippen molar-refractivity contribution in [1.29, 1.82) is 0 Å². The van der Waals surface area contributed by atoms with Crippen LogP contribution in [0.1, 0.15) is 35.3 Å². The van der Waals surface area contributed by atoms with Gasteiger partial charge in [-0.15, -0.1) is 0 Å². The Bertz CT molecular complexity index is 1180. The molecular weight excluding hydrogens is 426 g/mol. The molecule has 0 spiro atoms. The van der Waals surface area contributed by atoms with Crippen LogP contribution in [0.5, 0.6) is 0 Å². The lowest BCUT2D eigenvalue weighted by Crippen LogP contribution is -2.21. The van der Waals surface area contributed by atoms with Gasteiger partial charge in [0.15, 0.2) is 0 Å². The summed E-state index contributed by atoms with van der Waals surface area (Å²) in [6.07, 6.45) is 2.19. The number of pyridine rings is 1. The number of sulfonamides is 1. The van der Waals surface area contributed by atoms with E-state index >= 15 is 0 Å². The van der Waals surface area contributed by atoms with Crippen molar-refractivity contribution >= 4 is 27.5 Å². The quantitative estimate of drug-likeness (QED) is 0.498. The SMILES string of the molecule is CC(C)Cc1ccc(S(=O)(=O)Nc2cnc(N(C)Cc3ccccc3)c(C(=O)O)c2)cc1. The summed E-state index contributed by atoms with van der Waals surface area (Å²) in [7, 11) is -2.14. The number of anilines is 2. The molecular formula is C24H27N3O4S. The number of nitrogens with one attached hydrogen (secondary N) is 1. The first-order valence-electron chi connectivity index (χ1n) is 10.3. The number of carboxylic acid groups (broad SMARTS) is 1. The molecule has 0 aliphatic carbocycles. The van der Waals surface area contributed by atoms with Crippen LogP contribution < -0.4 is 9.62 Å². The van der Waals surface area contributed by atoms with Gasteiger partial charge in [0.1, 0.15) is 11.4 Å². The number of benzene rings is 2. The highest BCUT2D eigenvalue weighted by Crippen LogP contribution is 2.24. The summed E-state index contributed by atoms with van der Waals surface area (Å²) >= 11 is 0. The molecule has 0 amide bonds. The number of aromatic carboxylic acids is 1. The van der Waals surface area contributed by atoms with Crippen molar-refractivity contribution in [3.05, 3.63) is 83.6 Å². The lowest BCUT2D eigenvalue weighted by molar-refractivity contribution is 0.0697. The summed E-state index contributed by atoms with van der Waals surface area (Å²) in [5, 5.41) is 9.68. The van der Waals surface area contributed by atoms with Crippen LogP contribution in [0.4, 0.5) is 11.5 Å². The Morgan fingerprint density at radius 2 is 1.72 bits per heavy atom. The molecule has 0 fully saturated rings. The van der Waals surface area contributed by atoms with Crippen LogP contribution in [-0.2, 0) is 23.0 Å². The first kappa shape index (κ1) is 23.3. The predicted octanol–water partition coefficient (Wildman–Crippen LogP) is 4.42. The molecule has 2 N–H and O–H groups in total. The summed E-state index contributed by atoms with van der Waals surface area (Å²) < 4.78 is 28.0. The van der Waals surface area contributed by atoms with Crippen LogP contribution in [0, 0.1) is 5.92 Å². The molecule has 3 aromatic rings. The van der Waals surface area contributed by atoms with Crippen molar-refractivity contribution in [3.63, 3.8) is 0 Å². The molecule has 7 nitrogen and oxygen atoms in total. The molecule has 0 saturated carbocycles. The standard InChI is InChI=1S/C24H27N3O4S/c1-17(2)13-18-9-11-21(12-10-18)32(30,31)26-20-14-22(24(28)29)23(25-15-20)27(3)16-19-7-5-4-6-8-19/h4-12,14-15,17,26H,13,16H2,1-3H3,(H,28,29). The monoisotopic (exact) mass is 453 g/mol. The van der Waals surface area contributed by atoms with Crippen LogP contribution in [0.15, 0.2) is 71.8 Å². The highest BCUT2D eigenvalue weighted by molar-refractivity contribution is 7.92. The minimum absolute atomic E-state index is 0.0871. The highest BCUT2D eigenvalue weighted by Gasteiger charge is 2.20. The van der Waals surface area contributed by atoms with Gasteiger partial charge in [-0.2, -0.15) is 0 Å². The molecule has 0 radical (unpaired) electrons. The second-order valence-electron chi connectivity index (χ2n) is 8.09. The van der Waals surface area contributed by atoms with E-state index < -0.39 is 16.0 Å². The van der Waals surface area contributed by atoms with Crippen molar-refractivity contribution in [2.45, 2.75) is 31.7 Å². The van der Waals surface area contributed by atoms with Crippen molar-refractivity contribution < 1.29 is 18.3 Å². The Labute approximate surface area is 188 Å². The Balaban J connectivity index is 1.82. The van der Waals surface area contributed by atoms with Gasteiger partial charge in [-0.3, -0.25) is 4.72 Å². The van der Waals surface area contributed by atoms with Gasteiger partial charge in [-0.25, -0.2) is 18.2 Å². The number of aromatic nitrogens is 1. The molecule has 1 aromatic heterocycles. The molecule has 0 unspecified atom stereocenters. The predicted molar refractivity (Wildman–Crippen MR) is 126 cm³/mol. The normalized spacial score (nSPS) is 11.4. The molecule has 1 heterocycles. The van der Waals surface area contributed by atoms with E-state index in [2.05, 4.69) is 23.6 Å². The van der Waals surface area contributed by atoms with Crippen LogP contribution in [0.2, 0.25) is 0 Å². The number of nitrogens with zero attached hydrogens (tertiary/aromatic N) is 2. The summed E-state index contributed by atoms with van der Waals surface area (Å²) in [5.41, 5.74) is 2.06. The zero-order valence-electron chi connectivity index (χ0n) is 18.3. The third kappa shape index (κ3) is 5.85. The van der Waals surface area contributed by atoms with E-state index in [1.165, 1.54) is 12.3 Å². The Morgan fingerprint density at radius 3 is 2.31 bits per heavy atom. The highest BCUT2D eigenvalue weighted by atomic mass is 32.2. The van der Waals surface area contributed by atoms with Crippen molar-refractivity contribution in [2.24, 2.45) is 5.92 Å².